The second-order valence-electron chi connectivity index (χ2n) is 4.95. The molecule has 1 atom stereocenters. The maximum atomic E-state index is 5.74. The van der Waals surface area contributed by atoms with E-state index < -0.39 is 0 Å². The zero-order valence-corrected chi connectivity index (χ0v) is 11.6. The molecule has 96 valence electrons. The summed E-state index contributed by atoms with van der Waals surface area (Å²) >= 11 is 1.81. The Labute approximate surface area is 108 Å². The van der Waals surface area contributed by atoms with E-state index in [0.717, 1.165) is 19.6 Å². The van der Waals surface area contributed by atoms with E-state index in [9.17, 15) is 0 Å². The third kappa shape index (κ3) is 4.37. The van der Waals surface area contributed by atoms with Gasteiger partial charge < -0.3 is 10.1 Å². The Morgan fingerprint density at radius 2 is 2.41 bits per heavy atom. The maximum Gasteiger partial charge on any atom is 0.0954 e. The first kappa shape index (κ1) is 13.0. The summed E-state index contributed by atoms with van der Waals surface area (Å²) in [7, 11) is 0. The van der Waals surface area contributed by atoms with Gasteiger partial charge in [0.05, 0.1) is 11.1 Å². The van der Waals surface area contributed by atoms with Crippen LogP contribution in [-0.4, -0.2) is 23.7 Å². The Morgan fingerprint density at radius 1 is 1.53 bits per heavy atom. The van der Waals surface area contributed by atoms with Crippen LogP contribution in [0.5, 0.6) is 0 Å². The van der Waals surface area contributed by atoms with Gasteiger partial charge in [-0.3, -0.25) is 0 Å². The van der Waals surface area contributed by atoms with Crippen LogP contribution in [0.2, 0.25) is 0 Å². The highest BCUT2D eigenvalue weighted by molar-refractivity contribution is 7.11. The molecule has 1 fully saturated rings. The quantitative estimate of drug-likeness (QED) is 0.877. The van der Waals surface area contributed by atoms with Crippen LogP contribution in [-0.2, 0) is 17.7 Å². The van der Waals surface area contributed by atoms with Crippen LogP contribution in [0, 0.1) is 0 Å². The van der Waals surface area contributed by atoms with E-state index in [1.54, 1.807) is 0 Å². The Kier molecular flexibility index (Phi) is 4.95. The minimum Gasteiger partial charge on any atom is -0.378 e. The molecule has 0 aliphatic carbocycles. The van der Waals surface area contributed by atoms with Gasteiger partial charge in [-0.1, -0.05) is 13.8 Å². The molecule has 2 heterocycles. The van der Waals surface area contributed by atoms with E-state index in [1.165, 1.54) is 29.1 Å². The summed E-state index contributed by atoms with van der Waals surface area (Å²) in [6, 6.07) is 0.530. The number of hydrogen-bond acceptors (Lipinski definition) is 4. The molecule has 0 radical (unpaired) electrons. The highest BCUT2D eigenvalue weighted by Crippen LogP contribution is 2.20. The van der Waals surface area contributed by atoms with Crippen molar-refractivity contribution < 1.29 is 4.74 Å². The smallest absolute Gasteiger partial charge is 0.0954 e. The van der Waals surface area contributed by atoms with Crippen molar-refractivity contribution in [3.05, 3.63) is 16.1 Å². The molecule has 17 heavy (non-hydrogen) atoms. The Balaban J connectivity index is 1.80. The molecule has 0 saturated carbocycles. The fourth-order valence-corrected chi connectivity index (χ4v) is 2.93. The summed E-state index contributed by atoms with van der Waals surface area (Å²) in [5.74, 6) is 0. The molecular weight excluding hydrogens is 232 g/mol. The zero-order valence-electron chi connectivity index (χ0n) is 10.7. The number of nitrogens with zero attached hydrogens (tertiary/aromatic N) is 1. The fraction of sp³-hybridized carbons (Fsp3) is 0.769. The van der Waals surface area contributed by atoms with Gasteiger partial charge in [0, 0.05) is 36.7 Å². The van der Waals surface area contributed by atoms with E-state index in [0.29, 0.717) is 12.1 Å². The summed E-state index contributed by atoms with van der Waals surface area (Å²) in [6.07, 6.45) is 7.11. The molecule has 0 amide bonds. The van der Waals surface area contributed by atoms with Crippen LogP contribution in [0.3, 0.4) is 0 Å². The minimum atomic E-state index is 0.404. The van der Waals surface area contributed by atoms with Crippen molar-refractivity contribution in [2.45, 2.75) is 58.2 Å². The second-order valence-corrected chi connectivity index (χ2v) is 6.15. The van der Waals surface area contributed by atoms with Gasteiger partial charge in [0.25, 0.3) is 0 Å². The maximum absolute atomic E-state index is 5.74. The molecular formula is C13H22N2OS. The first-order valence-electron chi connectivity index (χ1n) is 6.52. The number of rotatable bonds is 5. The highest BCUT2D eigenvalue weighted by atomic mass is 32.1. The Hall–Kier alpha value is -0.450. The van der Waals surface area contributed by atoms with Crippen molar-refractivity contribution in [3.63, 3.8) is 0 Å². The molecule has 1 saturated heterocycles. The van der Waals surface area contributed by atoms with Crippen molar-refractivity contribution in [1.82, 2.24) is 10.3 Å². The topological polar surface area (TPSA) is 34.2 Å². The van der Waals surface area contributed by atoms with Gasteiger partial charge >= 0.3 is 0 Å². The number of nitrogens with one attached hydrogen (secondary N) is 1. The zero-order chi connectivity index (χ0) is 12.1. The largest absolute Gasteiger partial charge is 0.378 e. The number of hydrogen-bond donors (Lipinski definition) is 1. The van der Waals surface area contributed by atoms with Gasteiger partial charge in [0.15, 0.2) is 0 Å². The van der Waals surface area contributed by atoms with E-state index in [4.69, 9.17) is 4.74 Å². The highest BCUT2D eigenvalue weighted by Gasteiger charge is 2.16. The molecule has 0 aromatic carbocycles. The average Bonchev–Trinajstić information content (AvgIpc) is 2.75. The van der Waals surface area contributed by atoms with Crippen LogP contribution in [0.4, 0.5) is 0 Å². The third-order valence-electron chi connectivity index (χ3n) is 2.96. The van der Waals surface area contributed by atoms with Crippen LogP contribution in [0.15, 0.2) is 6.20 Å². The standard InChI is InChI=1S/C13H22N2OS/c1-10(2)14-8-12-9-15-13(17-12)7-11-5-3-4-6-16-11/h9-11,14H,3-8H2,1-2H3. The Morgan fingerprint density at radius 3 is 3.12 bits per heavy atom. The third-order valence-corrected chi connectivity index (χ3v) is 3.98. The number of ether oxygens (including phenoxy) is 1. The minimum absolute atomic E-state index is 0.404. The SMILES string of the molecule is CC(C)NCc1cnc(CC2CCCCO2)s1. The van der Waals surface area contributed by atoms with Crippen LogP contribution >= 0.6 is 11.3 Å². The molecule has 1 aliphatic rings. The first-order chi connectivity index (χ1) is 8.24. The van der Waals surface area contributed by atoms with Gasteiger partial charge in [-0.25, -0.2) is 4.98 Å². The van der Waals surface area contributed by atoms with E-state index in [-0.39, 0.29) is 0 Å². The lowest BCUT2D eigenvalue weighted by Crippen LogP contribution is -2.21. The van der Waals surface area contributed by atoms with Crippen LogP contribution in [0.1, 0.15) is 43.0 Å². The molecule has 3 nitrogen and oxygen atoms in total. The van der Waals surface area contributed by atoms with Gasteiger partial charge in [-0.05, 0) is 19.3 Å². The Bertz CT molecular complexity index is 332. The number of thiazole rings is 1. The van der Waals surface area contributed by atoms with Crippen molar-refractivity contribution in [3.8, 4) is 0 Å². The van der Waals surface area contributed by atoms with Gasteiger partial charge in [-0.15, -0.1) is 11.3 Å². The van der Waals surface area contributed by atoms with Gasteiger partial charge in [0.1, 0.15) is 0 Å². The molecule has 0 spiro atoms. The lowest BCUT2D eigenvalue weighted by atomic mass is 10.1. The predicted molar refractivity (Wildman–Crippen MR) is 71.4 cm³/mol. The normalized spacial score (nSPS) is 21.0. The molecule has 1 aromatic rings. The summed E-state index contributed by atoms with van der Waals surface area (Å²) in [5, 5.41) is 4.64. The molecule has 2 rings (SSSR count). The van der Waals surface area contributed by atoms with Crippen LogP contribution in [0.25, 0.3) is 0 Å². The van der Waals surface area contributed by atoms with E-state index in [1.807, 2.05) is 17.5 Å². The first-order valence-corrected chi connectivity index (χ1v) is 7.34. The van der Waals surface area contributed by atoms with Gasteiger partial charge in [-0.2, -0.15) is 0 Å². The molecule has 1 unspecified atom stereocenters. The van der Waals surface area contributed by atoms with Crippen molar-refractivity contribution in [2.75, 3.05) is 6.61 Å². The lowest BCUT2D eigenvalue weighted by molar-refractivity contribution is 0.0168. The van der Waals surface area contributed by atoms with Crippen LogP contribution < -0.4 is 5.32 Å². The molecule has 1 aromatic heterocycles. The summed E-state index contributed by atoms with van der Waals surface area (Å²) in [6.45, 7) is 6.19. The summed E-state index contributed by atoms with van der Waals surface area (Å²) in [4.78, 5) is 5.81. The molecule has 1 aliphatic heterocycles. The van der Waals surface area contributed by atoms with E-state index in [2.05, 4.69) is 24.1 Å². The summed E-state index contributed by atoms with van der Waals surface area (Å²) in [5.41, 5.74) is 0. The van der Waals surface area contributed by atoms with Crippen molar-refractivity contribution in [2.24, 2.45) is 0 Å². The molecule has 1 N–H and O–H groups in total. The van der Waals surface area contributed by atoms with Crippen molar-refractivity contribution in [1.29, 1.82) is 0 Å². The molecule has 0 bridgehead atoms. The fourth-order valence-electron chi connectivity index (χ4n) is 1.99. The summed E-state index contributed by atoms with van der Waals surface area (Å²) < 4.78 is 5.74. The monoisotopic (exact) mass is 254 g/mol. The van der Waals surface area contributed by atoms with Gasteiger partial charge in [0.2, 0.25) is 0 Å². The lowest BCUT2D eigenvalue weighted by Gasteiger charge is -2.21. The molecule has 4 heteroatoms. The predicted octanol–water partition coefficient (Wildman–Crippen LogP) is 2.75. The number of aromatic nitrogens is 1. The second kappa shape index (κ2) is 6.47. The van der Waals surface area contributed by atoms with E-state index >= 15 is 0 Å². The average molecular weight is 254 g/mol. The van der Waals surface area contributed by atoms with Crippen molar-refractivity contribution >= 4 is 11.3 Å².